The molecule has 0 fully saturated rings. The van der Waals surface area contributed by atoms with Gasteiger partial charge in [0.25, 0.3) is 0 Å². The zero-order valence-electron chi connectivity index (χ0n) is 14.3. The number of halogens is 2. The Morgan fingerprint density at radius 1 is 1.24 bits per heavy atom. The van der Waals surface area contributed by atoms with Gasteiger partial charge in [-0.3, -0.25) is 0 Å². The summed E-state index contributed by atoms with van der Waals surface area (Å²) in [5.41, 5.74) is 2.05. The summed E-state index contributed by atoms with van der Waals surface area (Å²) >= 11 is 0. The Morgan fingerprint density at radius 3 is 2.68 bits per heavy atom. The van der Waals surface area contributed by atoms with Crippen molar-refractivity contribution in [3.63, 3.8) is 0 Å². The van der Waals surface area contributed by atoms with Crippen molar-refractivity contribution in [3.8, 4) is 0 Å². The van der Waals surface area contributed by atoms with E-state index in [9.17, 15) is 13.6 Å². The summed E-state index contributed by atoms with van der Waals surface area (Å²) in [5.74, 6) is -0.469. The molecule has 2 amide bonds. The monoisotopic (exact) mass is 347 g/mol. The maximum Gasteiger partial charge on any atom is 0.322 e. The van der Waals surface area contributed by atoms with E-state index in [0.29, 0.717) is 25.3 Å². The number of benzene rings is 1. The number of carbonyl (C=O) groups is 1. The molecule has 1 N–H and O–H groups in total. The molecule has 0 spiro atoms. The molecule has 0 atom stereocenters. The van der Waals surface area contributed by atoms with Gasteiger partial charge >= 0.3 is 6.03 Å². The second-order valence-corrected chi connectivity index (χ2v) is 6.14. The van der Waals surface area contributed by atoms with Gasteiger partial charge in [-0.05, 0) is 19.1 Å². The van der Waals surface area contributed by atoms with Crippen molar-refractivity contribution in [3.05, 3.63) is 46.9 Å². The number of nitrogens with zero attached hydrogens (tertiary/aromatic N) is 4. The van der Waals surface area contributed by atoms with E-state index in [1.54, 1.807) is 4.90 Å². The molecule has 1 aliphatic heterocycles. The average Bonchev–Trinajstić information content (AvgIpc) is 2.56. The van der Waals surface area contributed by atoms with Crippen LogP contribution in [-0.2, 0) is 13.0 Å². The number of carbonyl (C=O) groups excluding carboxylic acids is 1. The van der Waals surface area contributed by atoms with Gasteiger partial charge in [-0.1, -0.05) is 0 Å². The lowest BCUT2D eigenvalue weighted by molar-refractivity contribution is 0.206. The van der Waals surface area contributed by atoms with E-state index in [4.69, 9.17) is 0 Å². The molecule has 0 unspecified atom stereocenters. The molecular formula is C17H19F2N5O. The van der Waals surface area contributed by atoms with Crippen molar-refractivity contribution in [1.29, 1.82) is 0 Å². The van der Waals surface area contributed by atoms with E-state index < -0.39 is 11.6 Å². The summed E-state index contributed by atoms with van der Waals surface area (Å²) in [4.78, 5) is 24.9. The highest BCUT2D eigenvalue weighted by Crippen LogP contribution is 2.26. The largest absolute Gasteiger partial charge is 0.362 e. The van der Waals surface area contributed by atoms with Gasteiger partial charge in [0, 0.05) is 44.4 Å². The third-order valence-electron chi connectivity index (χ3n) is 4.03. The van der Waals surface area contributed by atoms with Crippen molar-refractivity contribution in [2.45, 2.75) is 19.9 Å². The number of anilines is 2. The Kier molecular flexibility index (Phi) is 4.52. The Balaban J connectivity index is 1.80. The summed E-state index contributed by atoms with van der Waals surface area (Å²) in [6.45, 7) is 2.69. The van der Waals surface area contributed by atoms with Gasteiger partial charge in [-0.25, -0.2) is 23.5 Å². The molecule has 2 heterocycles. The minimum Gasteiger partial charge on any atom is -0.362 e. The lowest BCUT2D eigenvalue weighted by atomic mass is 10.1. The first kappa shape index (κ1) is 17.1. The maximum atomic E-state index is 13.3. The highest BCUT2D eigenvalue weighted by atomic mass is 19.2. The van der Waals surface area contributed by atoms with Crippen LogP contribution in [0.3, 0.4) is 0 Å². The van der Waals surface area contributed by atoms with Crippen LogP contribution in [-0.4, -0.2) is 41.5 Å². The lowest BCUT2D eigenvalue weighted by Crippen LogP contribution is -2.40. The molecule has 8 heteroatoms. The molecule has 25 heavy (non-hydrogen) atoms. The van der Waals surface area contributed by atoms with Gasteiger partial charge in [0.2, 0.25) is 0 Å². The Hall–Kier alpha value is -2.77. The lowest BCUT2D eigenvalue weighted by Gasteiger charge is -2.31. The SMILES string of the molecule is Cc1nc2c(c(N(C)C)n1)CN(C(=O)Nc1ccc(F)c(F)c1)CC2. The second-order valence-electron chi connectivity index (χ2n) is 6.14. The van der Waals surface area contributed by atoms with Gasteiger partial charge in [0.05, 0.1) is 12.2 Å². The zero-order chi connectivity index (χ0) is 18.1. The smallest absolute Gasteiger partial charge is 0.322 e. The number of hydrogen-bond donors (Lipinski definition) is 1. The highest BCUT2D eigenvalue weighted by molar-refractivity contribution is 5.89. The van der Waals surface area contributed by atoms with Crippen LogP contribution in [0.15, 0.2) is 18.2 Å². The Labute approximate surface area is 144 Å². The average molecular weight is 347 g/mol. The molecule has 1 aliphatic rings. The van der Waals surface area contributed by atoms with E-state index >= 15 is 0 Å². The number of nitrogens with one attached hydrogen (secondary N) is 1. The standard InChI is InChI=1S/C17H19F2N5O/c1-10-20-15-6-7-24(9-12(15)16(21-10)23(2)3)17(25)22-11-4-5-13(18)14(19)8-11/h4-5,8H,6-7,9H2,1-3H3,(H,22,25). The normalized spacial score (nSPS) is 13.4. The van der Waals surface area contributed by atoms with Gasteiger partial charge in [-0.15, -0.1) is 0 Å². The van der Waals surface area contributed by atoms with Crippen LogP contribution in [0, 0.1) is 18.6 Å². The van der Waals surface area contributed by atoms with Crippen LogP contribution in [0.4, 0.5) is 25.1 Å². The summed E-state index contributed by atoms with van der Waals surface area (Å²) in [6.07, 6.45) is 0.616. The minimum atomic E-state index is -0.999. The van der Waals surface area contributed by atoms with Gasteiger partial charge in [0.15, 0.2) is 11.6 Å². The quantitative estimate of drug-likeness (QED) is 0.907. The number of urea groups is 1. The predicted octanol–water partition coefficient (Wildman–Crippen LogP) is 2.72. The first-order valence-electron chi connectivity index (χ1n) is 7.90. The Morgan fingerprint density at radius 2 is 2.00 bits per heavy atom. The molecule has 6 nitrogen and oxygen atoms in total. The van der Waals surface area contributed by atoms with E-state index in [2.05, 4.69) is 15.3 Å². The maximum absolute atomic E-state index is 13.3. The first-order chi connectivity index (χ1) is 11.8. The first-order valence-corrected chi connectivity index (χ1v) is 7.90. The van der Waals surface area contributed by atoms with Gasteiger partial charge in [0.1, 0.15) is 11.6 Å². The number of fused-ring (bicyclic) bond motifs is 1. The molecule has 3 rings (SSSR count). The Bertz CT molecular complexity index is 825. The molecule has 0 radical (unpaired) electrons. The van der Waals surface area contributed by atoms with Crippen molar-refractivity contribution in [1.82, 2.24) is 14.9 Å². The number of aromatic nitrogens is 2. The van der Waals surface area contributed by atoms with Gasteiger partial charge in [-0.2, -0.15) is 0 Å². The fourth-order valence-electron chi connectivity index (χ4n) is 2.84. The third-order valence-corrected chi connectivity index (χ3v) is 4.03. The molecule has 0 saturated carbocycles. The van der Waals surface area contributed by atoms with Crippen LogP contribution in [0.25, 0.3) is 0 Å². The minimum absolute atomic E-state index is 0.211. The summed E-state index contributed by atoms with van der Waals surface area (Å²) in [7, 11) is 3.78. The van der Waals surface area contributed by atoms with E-state index in [0.717, 1.165) is 29.2 Å². The molecule has 1 aromatic carbocycles. The van der Waals surface area contributed by atoms with Crippen molar-refractivity contribution >= 4 is 17.5 Å². The fraction of sp³-hybridized carbons (Fsp3) is 0.353. The molecule has 0 saturated heterocycles. The summed E-state index contributed by atoms with van der Waals surface area (Å²) in [5, 5.41) is 2.60. The van der Waals surface area contributed by atoms with Crippen LogP contribution < -0.4 is 10.2 Å². The molecule has 1 aromatic heterocycles. The highest BCUT2D eigenvalue weighted by Gasteiger charge is 2.26. The van der Waals surface area contributed by atoms with Crippen molar-refractivity contribution < 1.29 is 13.6 Å². The third kappa shape index (κ3) is 3.52. The summed E-state index contributed by atoms with van der Waals surface area (Å²) < 4.78 is 26.3. The topological polar surface area (TPSA) is 61.4 Å². The van der Waals surface area contributed by atoms with Crippen LogP contribution in [0.2, 0.25) is 0 Å². The molecule has 132 valence electrons. The molecule has 2 aromatic rings. The molecule has 0 bridgehead atoms. The van der Waals surface area contributed by atoms with Crippen LogP contribution in [0.5, 0.6) is 0 Å². The number of hydrogen-bond acceptors (Lipinski definition) is 4. The number of rotatable bonds is 2. The van der Waals surface area contributed by atoms with Crippen LogP contribution in [0.1, 0.15) is 17.1 Å². The van der Waals surface area contributed by atoms with Crippen molar-refractivity contribution in [2.75, 3.05) is 30.9 Å². The van der Waals surface area contributed by atoms with Crippen molar-refractivity contribution in [2.24, 2.45) is 0 Å². The second kappa shape index (κ2) is 6.62. The number of amides is 2. The van der Waals surface area contributed by atoms with E-state index in [1.807, 2.05) is 25.9 Å². The number of aryl methyl sites for hydroxylation is 1. The van der Waals surface area contributed by atoms with E-state index in [1.165, 1.54) is 6.07 Å². The molecule has 0 aliphatic carbocycles. The van der Waals surface area contributed by atoms with E-state index in [-0.39, 0.29) is 11.7 Å². The summed E-state index contributed by atoms with van der Waals surface area (Å²) in [6, 6.07) is 2.90. The zero-order valence-corrected chi connectivity index (χ0v) is 14.3. The van der Waals surface area contributed by atoms with Gasteiger partial charge < -0.3 is 15.1 Å². The molecular weight excluding hydrogens is 328 g/mol. The predicted molar refractivity (Wildman–Crippen MR) is 90.6 cm³/mol. The fourth-order valence-corrected chi connectivity index (χ4v) is 2.84. The van der Waals surface area contributed by atoms with Crippen LogP contribution >= 0.6 is 0 Å².